The van der Waals surface area contributed by atoms with Crippen molar-refractivity contribution >= 4 is 85.1 Å². The van der Waals surface area contributed by atoms with Crippen LogP contribution in [0.15, 0.2) is 51.4 Å². The van der Waals surface area contributed by atoms with Gasteiger partial charge in [0, 0.05) is 15.9 Å². The maximum Gasteiger partial charge on any atom is 0.643 e. The van der Waals surface area contributed by atoms with E-state index in [1.54, 1.807) is 24.3 Å². The van der Waals surface area contributed by atoms with Gasteiger partial charge < -0.3 is 9.84 Å². The molecule has 1 N–H and O–H groups in total. The molecule has 10 heteroatoms. The second-order valence-electron chi connectivity index (χ2n) is 4.51. The van der Waals surface area contributed by atoms with Crippen LogP contribution in [0.4, 0.5) is 0 Å². The molecular formula is C16H14AlBr2Cl3O4. The van der Waals surface area contributed by atoms with Gasteiger partial charge in [-0.15, -0.1) is 0 Å². The predicted octanol–water partition coefficient (Wildman–Crippen LogP) is 6.42. The zero-order valence-corrected chi connectivity index (χ0v) is 20.3. The molecule has 0 spiro atoms. The van der Waals surface area contributed by atoms with Gasteiger partial charge in [-0.2, -0.15) is 0 Å². The van der Waals surface area contributed by atoms with Crippen LogP contribution in [-0.4, -0.2) is 28.2 Å². The number of ketones is 1. The zero-order valence-electron chi connectivity index (χ0n) is 13.7. The van der Waals surface area contributed by atoms with Crippen molar-refractivity contribution in [1.29, 1.82) is 0 Å². The SMILES string of the molecule is CC(=O)Oc1ccc(Br)cc1.CC(=O)c1cc(Br)ccc1O.[Cl][Al]([Cl])[Cl]. The topological polar surface area (TPSA) is 63.6 Å². The van der Waals surface area contributed by atoms with Gasteiger partial charge >= 0.3 is 17.4 Å². The lowest BCUT2D eigenvalue weighted by Crippen LogP contribution is -2.00. The summed E-state index contributed by atoms with van der Waals surface area (Å²) in [6.45, 7) is 2.80. The highest BCUT2D eigenvalue weighted by Crippen LogP contribution is 2.21. The molecule has 0 atom stereocenters. The lowest BCUT2D eigenvalue weighted by atomic mass is 10.1. The van der Waals surface area contributed by atoms with Gasteiger partial charge in [-0.1, -0.05) is 31.9 Å². The van der Waals surface area contributed by atoms with Crippen molar-refractivity contribution in [3.63, 3.8) is 0 Å². The number of carbonyl (C=O) groups excluding carboxylic acids is 2. The van der Waals surface area contributed by atoms with Gasteiger partial charge in [0.1, 0.15) is 11.5 Å². The molecular weight excluding hydrogens is 549 g/mol. The van der Waals surface area contributed by atoms with Gasteiger partial charge in [-0.05, 0) is 49.4 Å². The summed E-state index contributed by atoms with van der Waals surface area (Å²) in [5.41, 5.74) is 0.347. The molecule has 2 aromatic carbocycles. The molecule has 0 unspecified atom stereocenters. The molecule has 0 radical (unpaired) electrons. The van der Waals surface area contributed by atoms with Gasteiger partial charge in [0.05, 0.1) is 5.56 Å². The van der Waals surface area contributed by atoms with Crippen molar-refractivity contribution in [3.05, 3.63) is 57.0 Å². The number of hydrogen-bond acceptors (Lipinski definition) is 4. The standard InChI is InChI=1S/2C8H7BrO2.Al.3ClH/c1-6(10)11-8-4-2-7(9)3-5-8;1-5(10)7-4-6(9)2-3-8(7)11;;;;/h2-5H,1H3;2-4,11H,1H3;;3*1H/q;;+3;;;/p-3. The molecule has 0 aromatic heterocycles. The molecule has 2 aromatic rings. The first-order valence-electron chi connectivity index (χ1n) is 6.88. The van der Waals surface area contributed by atoms with Crippen LogP contribution in [0.3, 0.4) is 0 Å². The fraction of sp³-hybridized carbons (Fsp3) is 0.125. The summed E-state index contributed by atoms with van der Waals surface area (Å²) in [7, 11) is 14.8. The zero-order chi connectivity index (χ0) is 20.3. The second-order valence-corrected chi connectivity index (χ2v) is 12.8. The van der Waals surface area contributed by atoms with Crippen molar-refractivity contribution < 1.29 is 19.4 Å². The number of esters is 1. The molecule has 140 valence electrons. The molecule has 0 saturated carbocycles. The Hall–Kier alpha value is -0.258. The highest BCUT2D eigenvalue weighted by atomic mass is 79.9. The van der Waals surface area contributed by atoms with Crippen molar-refractivity contribution in [2.75, 3.05) is 0 Å². The Morgan fingerprint density at radius 3 is 1.81 bits per heavy atom. The van der Waals surface area contributed by atoms with Crippen LogP contribution in [0, 0.1) is 0 Å². The Kier molecular flexibility index (Phi) is 13.7. The summed E-state index contributed by atoms with van der Waals surface area (Å²) < 4.78 is 6.57. The van der Waals surface area contributed by atoms with E-state index >= 15 is 0 Å². The summed E-state index contributed by atoms with van der Waals surface area (Å²) in [6.07, 6.45) is 0. The number of hydrogen-bond donors (Lipinski definition) is 1. The Balaban J connectivity index is 0.000000401. The first kappa shape index (κ1) is 25.7. The minimum absolute atomic E-state index is 0.0284. The van der Waals surface area contributed by atoms with E-state index < -0.39 is 11.4 Å². The van der Waals surface area contributed by atoms with Crippen molar-refractivity contribution in [2.24, 2.45) is 0 Å². The molecule has 0 saturated heterocycles. The van der Waals surface area contributed by atoms with Crippen LogP contribution in [-0.2, 0) is 4.79 Å². The van der Waals surface area contributed by atoms with Gasteiger partial charge in [-0.25, -0.2) is 30.1 Å². The highest BCUT2D eigenvalue weighted by molar-refractivity contribution is 9.10. The van der Waals surface area contributed by atoms with E-state index in [-0.39, 0.29) is 17.5 Å². The molecule has 0 bridgehead atoms. The lowest BCUT2D eigenvalue weighted by molar-refractivity contribution is -0.131. The van der Waals surface area contributed by atoms with Crippen LogP contribution < -0.4 is 4.74 Å². The summed E-state index contributed by atoms with van der Waals surface area (Å²) in [5.74, 6) is 0.164. The van der Waals surface area contributed by atoms with Gasteiger partial charge in [-0.3, -0.25) is 9.59 Å². The molecule has 0 amide bonds. The van der Waals surface area contributed by atoms with Crippen LogP contribution in [0.25, 0.3) is 0 Å². The third-order valence-electron chi connectivity index (χ3n) is 2.41. The van der Waals surface area contributed by atoms with E-state index in [1.165, 1.54) is 19.9 Å². The maximum atomic E-state index is 10.8. The minimum atomic E-state index is -1.72. The number of ether oxygens (including phenoxy) is 1. The summed E-state index contributed by atoms with van der Waals surface area (Å²) >= 11 is 4.75. The Morgan fingerprint density at radius 1 is 0.962 bits per heavy atom. The van der Waals surface area contributed by atoms with E-state index in [4.69, 9.17) is 40.0 Å². The fourth-order valence-electron chi connectivity index (χ4n) is 1.46. The Labute approximate surface area is 185 Å². The second kappa shape index (κ2) is 13.8. The van der Waals surface area contributed by atoms with E-state index in [0.29, 0.717) is 11.3 Å². The number of aromatic hydroxyl groups is 1. The Bertz CT molecular complexity index is 725. The lowest BCUT2D eigenvalue weighted by Gasteiger charge is -1.99. The predicted molar refractivity (Wildman–Crippen MR) is 115 cm³/mol. The average Bonchev–Trinajstić information content (AvgIpc) is 2.51. The van der Waals surface area contributed by atoms with Crippen LogP contribution >= 0.6 is 62.0 Å². The quantitative estimate of drug-likeness (QED) is 0.198. The maximum absolute atomic E-state index is 10.8. The molecule has 2 rings (SSSR count). The number of halogens is 5. The largest absolute Gasteiger partial charge is 0.643 e. The fourth-order valence-corrected chi connectivity index (χ4v) is 2.08. The molecule has 4 nitrogen and oxygen atoms in total. The number of phenols is 1. The number of phenolic OH excluding ortho intramolecular Hbond substituents is 1. The number of benzene rings is 2. The van der Waals surface area contributed by atoms with Crippen molar-refractivity contribution in [3.8, 4) is 11.5 Å². The third kappa shape index (κ3) is 13.0. The van der Waals surface area contributed by atoms with E-state index in [9.17, 15) is 9.59 Å². The summed E-state index contributed by atoms with van der Waals surface area (Å²) in [5, 5.41) is 9.16. The summed E-state index contributed by atoms with van der Waals surface area (Å²) in [4.78, 5) is 21.3. The molecule has 0 heterocycles. The molecule has 0 fully saturated rings. The average molecular weight is 563 g/mol. The van der Waals surface area contributed by atoms with Gasteiger partial charge in [0.25, 0.3) is 0 Å². The third-order valence-corrected chi connectivity index (χ3v) is 3.44. The smallest absolute Gasteiger partial charge is 0.507 e. The molecule has 0 aliphatic rings. The van der Waals surface area contributed by atoms with Gasteiger partial charge in [0.2, 0.25) is 0 Å². The monoisotopic (exact) mass is 560 g/mol. The van der Waals surface area contributed by atoms with Gasteiger partial charge in [0.15, 0.2) is 5.78 Å². The first-order chi connectivity index (χ1) is 12.0. The minimum Gasteiger partial charge on any atom is -0.507 e. The van der Waals surface area contributed by atoms with Crippen LogP contribution in [0.2, 0.25) is 0 Å². The number of rotatable bonds is 2. The number of carbonyl (C=O) groups is 2. The van der Waals surface area contributed by atoms with E-state index in [1.807, 2.05) is 12.1 Å². The van der Waals surface area contributed by atoms with Crippen molar-refractivity contribution in [2.45, 2.75) is 13.8 Å². The molecule has 0 aliphatic heterocycles. The molecule has 0 aliphatic carbocycles. The van der Waals surface area contributed by atoms with E-state index in [0.717, 1.165) is 8.95 Å². The summed E-state index contributed by atoms with van der Waals surface area (Å²) in [6, 6.07) is 11.9. The number of Topliss-reactive ketones (excluding diaryl/α,β-unsaturated/α-hetero) is 1. The highest BCUT2D eigenvalue weighted by Gasteiger charge is 2.05. The normalized spacial score (nSPS) is 9.04. The molecule has 26 heavy (non-hydrogen) atoms. The van der Waals surface area contributed by atoms with Crippen molar-refractivity contribution in [1.82, 2.24) is 0 Å². The Morgan fingerprint density at radius 2 is 1.42 bits per heavy atom. The van der Waals surface area contributed by atoms with Crippen LogP contribution in [0.1, 0.15) is 24.2 Å². The van der Waals surface area contributed by atoms with E-state index in [2.05, 4.69) is 31.9 Å². The van der Waals surface area contributed by atoms with Crippen LogP contribution in [0.5, 0.6) is 11.5 Å². The first-order valence-corrected chi connectivity index (χ1v) is 13.7.